The third-order valence-electron chi connectivity index (χ3n) is 1.63. The monoisotopic (exact) mass is 232 g/mol. The summed E-state index contributed by atoms with van der Waals surface area (Å²) in [7, 11) is 3.07. The van der Waals surface area contributed by atoms with Crippen LogP contribution < -0.4 is 0 Å². The van der Waals surface area contributed by atoms with E-state index in [9.17, 15) is 9.59 Å². The first-order chi connectivity index (χ1) is 7.60. The molecule has 0 bridgehead atoms. The fourth-order valence-corrected chi connectivity index (χ4v) is 1.00. The highest BCUT2D eigenvalue weighted by Gasteiger charge is 2.10. The molecule has 0 aliphatic carbocycles. The van der Waals surface area contributed by atoms with Gasteiger partial charge in [-0.15, -0.1) is 0 Å². The molecular formula is C10H16O6. The van der Waals surface area contributed by atoms with Gasteiger partial charge in [-0.3, -0.25) is 0 Å². The molecule has 6 heteroatoms. The van der Waals surface area contributed by atoms with Crippen LogP contribution in [0.1, 0.15) is 0 Å². The number of carboxylic acids is 1. The number of ether oxygens (including phenoxy) is 3. The summed E-state index contributed by atoms with van der Waals surface area (Å²) in [6.07, 6.45) is 1.59. The lowest BCUT2D eigenvalue weighted by atomic mass is 10.2. The molecule has 0 rings (SSSR count). The predicted octanol–water partition coefficient (Wildman–Crippen LogP) is 0.0794. The molecule has 0 aromatic heterocycles. The fourth-order valence-electron chi connectivity index (χ4n) is 1.00. The first-order valence-electron chi connectivity index (χ1n) is 4.65. The van der Waals surface area contributed by atoms with Crippen LogP contribution in [0.4, 0.5) is 0 Å². The van der Waals surface area contributed by atoms with Crippen molar-refractivity contribution < 1.29 is 28.9 Å². The van der Waals surface area contributed by atoms with Gasteiger partial charge < -0.3 is 19.3 Å². The van der Waals surface area contributed by atoms with Crippen molar-refractivity contribution >= 4 is 11.9 Å². The van der Waals surface area contributed by atoms with Crippen molar-refractivity contribution in [1.82, 2.24) is 0 Å². The molecule has 0 atom stereocenters. The van der Waals surface area contributed by atoms with E-state index in [1.165, 1.54) is 14.2 Å². The molecular weight excluding hydrogens is 216 g/mol. The molecule has 0 aromatic carbocycles. The van der Waals surface area contributed by atoms with Gasteiger partial charge in [0.15, 0.2) is 0 Å². The SMILES string of the molecule is COCC(COC)COC(=O)/C=C/C(=O)O. The number of carboxylic acid groups (broad SMARTS) is 1. The van der Waals surface area contributed by atoms with Crippen LogP contribution in [-0.4, -0.2) is 51.1 Å². The zero-order valence-electron chi connectivity index (χ0n) is 9.34. The number of aliphatic carboxylic acids is 1. The topological polar surface area (TPSA) is 82.1 Å². The van der Waals surface area contributed by atoms with Gasteiger partial charge in [0.05, 0.1) is 19.8 Å². The second kappa shape index (κ2) is 8.87. The van der Waals surface area contributed by atoms with E-state index in [1.807, 2.05) is 0 Å². The standard InChI is InChI=1S/C10H16O6/c1-14-5-8(6-15-2)7-16-10(13)4-3-9(11)12/h3-4,8H,5-7H2,1-2H3,(H,11,12)/b4-3+. The number of hydrogen-bond donors (Lipinski definition) is 1. The van der Waals surface area contributed by atoms with Crippen LogP contribution in [0.25, 0.3) is 0 Å². The van der Waals surface area contributed by atoms with Crippen LogP contribution in [0, 0.1) is 5.92 Å². The van der Waals surface area contributed by atoms with Crippen molar-refractivity contribution in [2.24, 2.45) is 5.92 Å². The quantitative estimate of drug-likeness (QED) is 0.471. The lowest BCUT2D eigenvalue weighted by Crippen LogP contribution is -2.22. The minimum atomic E-state index is -1.19. The Labute approximate surface area is 93.8 Å². The minimum absolute atomic E-state index is 0.0582. The number of carbonyl (C=O) groups excluding carboxylic acids is 1. The van der Waals surface area contributed by atoms with Gasteiger partial charge in [-0.2, -0.15) is 0 Å². The van der Waals surface area contributed by atoms with Gasteiger partial charge in [-0.25, -0.2) is 9.59 Å². The summed E-state index contributed by atoms with van der Waals surface area (Å²) in [4.78, 5) is 21.1. The van der Waals surface area contributed by atoms with E-state index >= 15 is 0 Å². The van der Waals surface area contributed by atoms with Crippen LogP contribution in [0.5, 0.6) is 0 Å². The Morgan fingerprint density at radius 3 is 2.12 bits per heavy atom. The summed E-state index contributed by atoms with van der Waals surface area (Å²) >= 11 is 0. The highest BCUT2D eigenvalue weighted by atomic mass is 16.5. The second-order valence-electron chi connectivity index (χ2n) is 3.08. The highest BCUT2D eigenvalue weighted by Crippen LogP contribution is 1.99. The molecule has 0 aliphatic rings. The molecule has 6 nitrogen and oxygen atoms in total. The zero-order valence-corrected chi connectivity index (χ0v) is 9.34. The molecule has 0 fully saturated rings. The number of methoxy groups -OCH3 is 2. The van der Waals surface area contributed by atoms with Gasteiger partial charge in [0.2, 0.25) is 0 Å². The predicted molar refractivity (Wildman–Crippen MR) is 55.0 cm³/mol. The summed E-state index contributed by atoms with van der Waals surface area (Å²) in [6, 6.07) is 0. The summed E-state index contributed by atoms with van der Waals surface area (Å²) < 4.78 is 14.6. The molecule has 0 saturated carbocycles. The Hall–Kier alpha value is -1.40. The lowest BCUT2D eigenvalue weighted by Gasteiger charge is -2.14. The van der Waals surface area contributed by atoms with Crippen molar-refractivity contribution in [1.29, 1.82) is 0 Å². The maximum atomic E-state index is 11.0. The van der Waals surface area contributed by atoms with E-state index in [2.05, 4.69) is 0 Å². The van der Waals surface area contributed by atoms with Crippen LogP contribution in [0.3, 0.4) is 0 Å². The van der Waals surface area contributed by atoms with Gasteiger partial charge in [0.25, 0.3) is 0 Å². The summed E-state index contributed by atoms with van der Waals surface area (Å²) in [6.45, 7) is 0.942. The van der Waals surface area contributed by atoms with Gasteiger partial charge in [0.1, 0.15) is 0 Å². The maximum absolute atomic E-state index is 11.0. The number of hydrogen-bond acceptors (Lipinski definition) is 5. The van der Waals surface area contributed by atoms with Crippen molar-refractivity contribution in [3.8, 4) is 0 Å². The number of esters is 1. The second-order valence-corrected chi connectivity index (χ2v) is 3.08. The third-order valence-corrected chi connectivity index (χ3v) is 1.63. The van der Waals surface area contributed by atoms with Crippen LogP contribution in [0.15, 0.2) is 12.2 Å². The van der Waals surface area contributed by atoms with Gasteiger partial charge in [-0.05, 0) is 0 Å². The van der Waals surface area contributed by atoms with Crippen molar-refractivity contribution in [2.45, 2.75) is 0 Å². The van der Waals surface area contributed by atoms with Gasteiger partial charge >= 0.3 is 11.9 Å². The molecule has 16 heavy (non-hydrogen) atoms. The average molecular weight is 232 g/mol. The van der Waals surface area contributed by atoms with E-state index in [0.29, 0.717) is 13.2 Å². The molecule has 0 spiro atoms. The van der Waals surface area contributed by atoms with Gasteiger partial charge in [-0.1, -0.05) is 0 Å². The van der Waals surface area contributed by atoms with E-state index in [0.717, 1.165) is 12.2 Å². The molecule has 92 valence electrons. The highest BCUT2D eigenvalue weighted by molar-refractivity contribution is 5.90. The molecule has 0 radical (unpaired) electrons. The Bertz CT molecular complexity index is 242. The maximum Gasteiger partial charge on any atom is 0.331 e. The lowest BCUT2D eigenvalue weighted by molar-refractivity contribution is -0.141. The Kier molecular flexibility index (Phi) is 8.10. The summed E-state index contributed by atoms with van der Waals surface area (Å²) in [5.74, 6) is -1.95. The van der Waals surface area contributed by atoms with E-state index in [1.54, 1.807) is 0 Å². The minimum Gasteiger partial charge on any atom is -0.478 e. The first kappa shape index (κ1) is 14.6. The molecule has 1 N–H and O–H groups in total. The Morgan fingerprint density at radius 1 is 1.12 bits per heavy atom. The summed E-state index contributed by atoms with van der Waals surface area (Å²) in [5, 5.41) is 8.27. The van der Waals surface area contributed by atoms with Crippen molar-refractivity contribution in [2.75, 3.05) is 34.0 Å². The fraction of sp³-hybridized carbons (Fsp3) is 0.600. The molecule has 0 amide bonds. The molecule has 0 aromatic rings. The number of rotatable bonds is 8. The first-order valence-corrected chi connectivity index (χ1v) is 4.65. The van der Waals surface area contributed by atoms with E-state index < -0.39 is 11.9 Å². The molecule has 0 unspecified atom stereocenters. The van der Waals surface area contributed by atoms with Crippen LogP contribution in [0.2, 0.25) is 0 Å². The largest absolute Gasteiger partial charge is 0.478 e. The van der Waals surface area contributed by atoms with Crippen LogP contribution in [-0.2, 0) is 23.8 Å². The van der Waals surface area contributed by atoms with Crippen LogP contribution >= 0.6 is 0 Å². The molecule has 0 saturated heterocycles. The third kappa shape index (κ3) is 7.95. The van der Waals surface area contributed by atoms with Crippen molar-refractivity contribution in [3.05, 3.63) is 12.2 Å². The smallest absolute Gasteiger partial charge is 0.331 e. The van der Waals surface area contributed by atoms with E-state index in [4.69, 9.17) is 19.3 Å². The molecule has 0 aliphatic heterocycles. The average Bonchev–Trinajstić information content (AvgIpc) is 2.23. The Balaban J connectivity index is 3.90. The van der Waals surface area contributed by atoms with E-state index in [-0.39, 0.29) is 12.5 Å². The Morgan fingerprint density at radius 2 is 1.69 bits per heavy atom. The van der Waals surface area contributed by atoms with Gasteiger partial charge in [0, 0.05) is 32.3 Å². The summed E-state index contributed by atoms with van der Waals surface area (Å²) in [5.41, 5.74) is 0. The zero-order chi connectivity index (χ0) is 12.4. The molecule has 0 heterocycles. The normalized spacial score (nSPS) is 10.9. The van der Waals surface area contributed by atoms with Crippen molar-refractivity contribution in [3.63, 3.8) is 0 Å². The number of carbonyl (C=O) groups is 2.